The number of nitrogen functional groups attached to an aromatic ring is 1. The maximum atomic E-state index is 5.72. The molecular formula is C15H26N2O. The van der Waals surface area contributed by atoms with Gasteiger partial charge in [0.1, 0.15) is 5.75 Å². The summed E-state index contributed by atoms with van der Waals surface area (Å²) < 4.78 is 5.72. The standard InChI is InChI=1S/C15H26N2O/c1-4-11-17(5-2)13(3)10-12-18-15-8-6-14(16)7-9-15/h6-9,13H,4-5,10-12,16H2,1-3H3. The second-order valence-corrected chi connectivity index (χ2v) is 4.68. The molecule has 0 saturated carbocycles. The summed E-state index contributed by atoms with van der Waals surface area (Å²) in [6.07, 6.45) is 2.26. The molecule has 0 aliphatic carbocycles. The van der Waals surface area contributed by atoms with Crippen LogP contribution in [0.15, 0.2) is 24.3 Å². The zero-order chi connectivity index (χ0) is 13.4. The van der Waals surface area contributed by atoms with Crippen LogP contribution in [0.4, 0.5) is 5.69 Å². The van der Waals surface area contributed by atoms with Gasteiger partial charge in [-0.05, 0) is 57.1 Å². The van der Waals surface area contributed by atoms with Crippen molar-refractivity contribution >= 4 is 5.69 Å². The van der Waals surface area contributed by atoms with Crippen LogP contribution in [0.3, 0.4) is 0 Å². The van der Waals surface area contributed by atoms with Crippen molar-refractivity contribution in [3.63, 3.8) is 0 Å². The van der Waals surface area contributed by atoms with E-state index in [9.17, 15) is 0 Å². The summed E-state index contributed by atoms with van der Waals surface area (Å²) >= 11 is 0. The first-order chi connectivity index (χ1) is 8.67. The highest BCUT2D eigenvalue weighted by Crippen LogP contribution is 2.14. The first kappa shape index (κ1) is 14.8. The summed E-state index contributed by atoms with van der Waals surface area (Å²) in [6, 6.07) is 8.15. The summed E-state index contributed by atoms with van der Waals surface area (Å²) in [4.78, 5) is 2.49. The van der Waals surface area contributed by atoms with Gasteiger partial charge < -0.3 is 15.4 Å². The van der Waals surface area contributed by atoms with Crippen LogP contribution in [-0.4, -0.2) is 30.6 Å². The third-order valence-corrected chi connectivity index (χ3v) is 3.22. The van der Waals surface area contributed by atoms with E-state index in [2.05, 4.69) is 25.7 Å². The third-order valence-electron chi connectivity index (χ3n) is 3.22. The van der Waals surface area contributed by atoms with Crippen molar-refractivity contribution in [2.75, 3.05) is 25.4 Å². The molecule has 1 rings (SSSR count). The fraction of sp³-hybridized carbons (Fsp3) is 0.600. The van der Waals surface area contributed by atoms with E-state index < -0.39 is 0 Å². The number of nitrogens with zero attached hydrogens (tertiary/aromatic N) is 1. The van der Waals surface area contributed by atoms with Crippen LogP contribution in [0, 0.1) is 0 Å². The molecular weight excluding hydrogens is 224 g/mol. The Bertz CT molecular complexity index is 324. The molecule has 3 nitrogen and oxygen atoms in total. The molecule has 1 atom stereocenters. The van der Waals surface area contributed by atoms with Gasteiger partial charge in [-0.15, -0.1) is 0 Å². The minimum absolute atomic E-state index is 0.573. The van der Waals surface area contributed by atoms with Gasteiger partial charge in [-0.2, -0.15) is 0 Å². The molecule has 102 valence electrons. The fourth-order valence-electron chi connectivity index (χ4n) is 2.07. The predicted octanol–water partition coefficient (Wildman–Crippen LogP) is 3.16. The molecule has 3 heteroatoms. The summed E-state index contributed by atoms with van der Waals surface area (Å²) in [7, 11) is 0. The molecule has 0 fully saturated rings. The highest BCUT2D eigenvalue weighted by molar-refractivity contribution is 5.41. The van der Waals surface area contributed by atoms with Gasteiger partial charge in [-0.25, -0.2) is 0 Å². The van der Waals surface area contributed by atoms with Crippen molar-refractivity contribution < 1.29 is 4.74 Å². The van der Waals surface area contributed by atoms with E-state index >= 15 is 0 Å². The lowest BCUT2D eigenvalue weighted by Gasteiger charge is -2.27. The van der Waals surface area contributed by atoms with Crippen molar-refractivity contribution in [2.45, 2.75) is 39.7 Å². The van der Waals surface area contributed by atoms with E-state index in [4.69, 9.17) is 10.5 Å². The van der Waals surface area contributed by atoms with E-state index in [-0.39, 0.29) is 0 Å². The van der Waals surface area contributed by atoms with Crippen LogP contribution in [0.2, 0.25) is 0 Å². The Hall–Kier alpha value is -1.22. The minimum Gasteiger partial charge on any atom is -0.494 e. The van der Waals surface area contributed by atoms with Crippen molar-refractivity contribution in [3.8, 4) is 5.75 Å². The molecule has 1 aromatic rings. The first-order valence-corrected chi connectivity index (χ1v) is 6.89. The Labute approximate surface area is 111 Å². The smallest absolute Gasteiger partial charge is 0.119 e. The largest absolute Gasteiger partial charge is 0.494 e. The van der Waals surface area contributed by atoms with E-state index in [1.807, 2.05) is 24.3 Å². The van der Waals surface area contributed by atoms with Gasteiger partial charge in [-0.3, -0.25) is 0 Å². The lowest BCUT2D eigenvalue weighted by Crippen LogP contribution is -2.34. The lowest BCUT2D eigenvalue weighted by atomic mass is 10.2. The Balaban J connectivity index is 2.30. The molecule has 0 spiro atoms. The van der Waals surface area contributed by atoms with Gasteiger partial charge in [0.2, 0.25) is 0 Å². The van der Waals surface area contributed by atoms with Gasteiger partial charge in [0.15, 0.2) is 0 Å². The molecule has 0 aliphatic rings. The van der Waals surface area contributed by atoms with Crippen LogP contribution < -0.4 is 10.5 Å². The molecule has 0 aliphatic heterocycles. The SMILES string of the molecule is CCCN(CC)C(C)CCOc1ccc(N)cc1. The van der Waals surface area contributed by atoms with Gasteiger partial charge in [-0.1, -0.05) is 13.8 Å². The van der Waals surface area contributed by atoms with Gasteiger partial charge in [0, 0.05) is 11.7 Å². The number of ether oxygens (including phenoxy) is 1. The van der Waals surface area contributed by atoms with Crippen molar-refractivity contribution in [1.29, 1.82) is 0 Å². The summed E-state index contributed by atoms with van der Waals surface area (Å²) in [6.45, 7) is 9.74. The lowest BCUT2D eigenvalue weighted by molar-refractivity contribution is 0.181. The normalized spacial score (nSPS) is 12.7. The van der Waals surface area contributed by atoms with Crippen LogP contribution >= 0.6 is 0 Å². The Kier molecular flexibility index (Phi) is 6.58. The van der Waals surface area contributed by atoms with Crippen molar-refractivity contribution in [2.24, 2.45) is 0 Å². The number of anilines is 1. The zero-order valence-corrected chi connectivity index (χ0v) is 11.9. The predicted molar refractivity (Wildman–Crippen MR) is 78.0 cm³/mol. The molecule has 1 unspecified atom stereocenters. The van der Waals surface area contributed by atoms with Gasteiger partial charge in [0.25, 0.3) is 0 Å². The molecule has 0 saturated heterocycles. The van der Waals surface area contributed by atoms with Crippen LogP contribution in [-0.2, 0) is 0 Å². The number of hydrogen-bond donors (Lipinski definition) is 1. The Morgan fingerprint density at radius 1 is 1.22 bits per heavy atom. The molecule has 0 aromatic heterocycles. The highest BCUT2D eigenvalue weighted by atomic mass is 16.5. The van der Waals surface area contributed by atoms with E-state index in [0.29, 0.717) is 6.04 Å². The van der Waals surface area contributed by atoms with Crippen LogP contribution in [0.5, 0.6) is 5.75 Å². The van der Waals surface area contributed by atoms with E-state index in [1.165, 1.54) is 13.0 Å². The molecule has 0 bridgehead atoms. The molecule has 0 radical (unpaired) electrons. The fourth-order valence-corrected chi connectivity index (χ4v) is 2.07. The molecule has 2 N–H and O–H groups in total. The Morgan fingerprint density at radius 2 is 1.89 bits per heavy atom. The second-order valence-electron chi connectivity index (χ2n) is 4.68. The quantitative estimate of drug-likeness (QED) is 0.720. The van der Waals surface area contributed by atoms with Crippen molar-refractivity contribution in [3.05, 3.63) is 24.3 Å². The van der Waals surface area contributed by atoms with Crippen molar-refractivity contribution in [1.82, 2.24) is 4.90 Å². The number of hydrogen-bond acceptors (Lipinski definition) is 3. The molecule has 0 amide bonds. The number of nitrogens with two attached hydrogens (primary N) is 1. The summed E-state index contributed by atoms with van der Waals surface area (Å²) in [5.41, 5.74) is 6.41. The van der Waals surface area contributed by atoms with E-state index in [1.54, 1.807) is 0 Å². The zero-order valence-electron chi connectivity index (χ0n) is 11.9. The monoisotopic (exact) mass is 250 g/mol. The molecule has 18 heavy (non-hydrogen) atoms. The number of benzene rings is 1. The second kappa shape index (κ2) is 7.98. The average Bonchev–Trinajstić information content (AvgIpc) is 2.38. The van der Waals surface area contributed by atoms with E-state index in [0.717, 1.165) is 31.0 Å². The van der Waals surface area contributed by atoms with Crippen LogP contribution in [0.25, 0.3) is 0 Å². The topological polar surface area (TPSA) is 38.5 Å². The molecule has 1 aromatic carbocycles. The highest BCUT2D eigenvalue weighted by Gasteiger charge is 2.10. The Morgan fingerprint density at radius 3 is 2.44 bits per heavy atom. The maximum Gasteiger partial charge on any atom is 0.119 e. The minimum atomic E-state index is 0.573. The number of rotatable bonds is 8. The van der Waals surface area contributed by atoms with Gasteiger partial charge in [0.05, 0.1) is 6.61 Å². The summed E-state index contributed by atoms with van der Waals surface area (Å²) in [5, 5.41) is 0. The summed E-state index contributed by atoms with van der Waals surface area (Å²) in [5.74, 6) is 0.898. The van der Waals surface area contributed by atoms with Crippen LogP contribution in [0.1, 0.15) is 33.6 Å². The average molecular weight is 250 g/mol. The maximum absolute atomic E-state index is 5.72. The first-order valence-electron chi connectivity index (χ1n) is 6.89. The van der Waals surface area contributed by atoms with Gasteiger partial charge >= 0.3 is 0 Å². The molecule has 0 heterocycles. The third kappa shape index (κ3) is 4.96.